The van der Waals surface area contributed by atoms with Crippen LogP contribution in [0.4, 0.5) is 14.7 Å². The normalized spacial score (nSPS) is 10.4. The molecular weight excluding hydrogens is 238 g/mol. The van der Waals surface area contributed by atoms with Crippen LogP contribution in [0.25, 0.3) is 11.4 Å². The first kappa shape index (κ1) is 10.7. The highest BCUT2D eigenvalue weighted by molar-refractivity contribution is 6.28. The van der Waals surface area contributed by atoms with Crippen LogP contribution < -0.4 is 5.73 Å². The molecule has 0 aliphatic heterocycles. The van der Waals surface area contributed by atoms with Gasteiger partial charge in [-0.05, 0) is 23.7 Å². The van der Waals surface area contributed by atoms with Crippen molar-refractivity contribution in [2.45, 2.75) is 0 Å². The van der Waals surface area contributed by atoms with E-state index in [1.165, 1.54) is 6.07 Å². The molecule has 1 heterocycles. The average molecular weight is 243 g/mol. The molecule has 0 bridgehead atoms. The second kappa shape index (κ2) is 3.97. The van der Waals surface area contributed by atoms with Crippen molar-refractivity contribution in [3.63, 3.8) is 0 Å². The number of nitrogens with zero attached hydrogens (tertiary/aromatic N) is 3. The van der Waals surface area contributed by atoms with Gasteiger partial charge in [-0.3, -0.25) is 0 Å². The van der Waals surface area contributed by atoms with Gasteiger partial charge in [0.15, 0.2) is 5.82 Å². The van der Waals surface area contributed by atoms with Crippen LogP contribution in [0.5, 0.6) is 0 Å². The lowest BCUT2D eigenvalue weighted by Crippen LogP contribution is -2.02. The molecule has 0 spiro atoms. The number of hydrogen-bond acceptors (Lipinski definition) is 4. The van der Waals surface area contributed by atoms with E-state index in [0.29, 0.717) is 0 Å². The topological polar surface area (TPSA) is 64.7 Å². The van der Waals surface area contributed by atoms with E-state index in [4.69, 9.17) is 17.3 Å². The molecule has 0 atom stereocenters. The minimum atomic E-state index is -0.790. The summed E-state index contributed by atoms with van der Waals surface area (Å²) in [7, 11) is 0. The van der Waals surface area contributed by atoms with Crippen molar-refractivity contribution < 1.29 is 8.78 Å². The Labute approximate surface area is 94.1 Å². The zero-order chi connectivity index (χ0) is 11.7. The number of aromatic nitrogens is 3. The smallest absolute Gasteiger partial charge is 0.227 e. The molecule has 0 amide bonds. The maximum absolute atomic E-state index is 13.4. The molecule has 2 N–H and O–H groups in total. The summed E-state index contributed by atoms with van der Waals surface area (Å²) in [4.78, 5) is 10.7. The zero-order valence-corrected chi connectivity index (χ0v) is 8.54. The standard InChI is InChI=1S/C9H5ClF2N4/c10-8-14-7(15-9(13)16-8)6-4(11)2-1-3-5(6)12/h1-3H,(H2,13,14,15,16). The Morgan fingerprint density at radius 2 is 1.69 bits per heavy atom. The molecular formula is C9H5ClF2N4. The Balaban J connectivity index is 2.67. The van der Waals surface area contributed by atoms with Crippen LogP contribution in [0.3, 0.4) is 0 Å². The van der Waals surface area contributed by atoms with Crippen molar-refractivity contribution in [2.24, 2.45) is 0 Å². The summed E-state index contributed by atoms with van der Waals surface area (Å²) in [6.45, 7) is 0. The van der Waals surface area contributed by atoms with E-state index < -0.39 is 11.6 Å². The molecule has 0 aliphatic rings. The van der Waals surface area contributed by atoms with Crippen LogP contribution in [0.15, 0.2) is 18.2 Å². The van der Waals surface area contributed by atoms with E-state index in [1.807, 2.05) is 0 Å². The predicted molar refractivity (Wildman–Crippen MR) is 54.6 cm³/mol. The van der Waals surface area contributed by atoms with Crippen molar-refractivity contribution >= 4 is 17.5 Å². The molecule has 82 valence electrons. The summed E-state index contributed by atoms with van der Waals surface area (Å²) >= 11 is 5.52. The maximum atomic E-state index is 13.4. The fourth-order valence-electron chi connectivity index (χ4n) is 1.19. The van der Waals surface area contributed by atoms with Crippen molar-refractivity contribution in [3.8, 4) is 11.4 Å². The third-order valence-corrected chi connectivity index (χ3v) is 1.98. The number of nitrogens with two attached hydrogens (primary N) is 1. The number of nitrogen functional groups attached to an aromatic ring is 1. The van der Waals surface area contributed by atoms with Crippen LogP contribution in [0.1, 0.15) is 0 Å². The molecule has 0 saturated carbocycles. The molecule has 0 aliphatic carbocycles. The number of anilines is 1. The lowest BCUT2D eigenvalue weighted by molar-refractivity contribution is 0.587. The van der Waals surface area contributed by atoms with Gasteiger partial charge >= 0.3 is 0 Å². The fraction of sp³-hybridized carbons (Fsp3) is 0. The van der Waals surface area contributed by atoms with Gasteiger partial charge in [0.25, 0.3) is 0 Å². The highest BCUT2D eigenvalue weighted by Gasteiger charge is 2.15. The van der Waals surface area contributed by atoms with Crippen molar-refractivity contribution in [2.75, 3.05) is 5.73 Å². The monoisotopic (exact) mass is 242 g/mol. The zero-order valence-electron chi connectivity index (χ0n) is 7.78. The van der Waals surface area contributed by atoms with E-state index in [1.54, 1.807) is 0 Å². The second-order valence-corrected chi connectivity index (χ2v) is 3.22. The molecule has 1 aromatic heterocycles. The second-order valence-electron chi connectivity index (χ2n) is 2.88. The van der Waals surface area contributed by atoms with E-state index >= 15 is 0 Å². The minimum absolute atomic E-state index is 0.197. The van der Waals surface area contributed by atoms with Gasteiger partial charge in [0.1, 0.15) is 11.6 Å². The molecule has 0 radical (unpaired) electrons. The summed E-state index contributed by atoms with van der Waals surface area (Å²) in [5.41, 5.74) is 4.93. The Morgan fingerprint density at radius 1 is 1.06 bits per heavy atom. The molecule has 2 aromatic rings. The lowest BCUT2D eigenvalue weighted by Gasteiger charge is -2.03. The van der Waals surface area contributed by atoms with Crippen LogP contribution in [0, 0.1) is 11.6 Å². The molecule has 1 aromatic carbocycles. The van der Waals surface area contributed by atoms with E-state index in [2.05, 4.69) is 15.0 Å². The minimum Gasteiger partial charge on any atom is -0.368 e. The highest BCUT2D eigenvalue weighted by Crippen LogP contribution is 2.23. The molecule has 0 saturated heterocycles. The Bertz CT molecular complexity index is 507. The summed E-state index contributed by atoms with van der Waals surface area (Å²) in [6.07, 6.45) is 0. The first-order valence-electron chi connectivity index (χ1n) is 4.19. The molecule has 16 heavy (non-hydrogen) atoms. The number of hydrogen-bond donors (Lipinski definition) is 1. The Hall–Kier alpha value is -1.82. The quantitative estimate of drug-likeness (QED) is 0.831. The molecule has 7 heteroatoms. The SMILES string of the molecule is Nc1nc(Cl)nc(-c2c(F)cccc2F)n1. The molecule has 2 rings (SSSR count). The van der Waals surface area contributed by atoms with Crippen molar-refractivity contribution in [1.29, 1.82) is 0 Å². The molecule has 4 nitrogen and oxygen atoms in total. The number of halogens is 3. The van der Waals surface area contributed by atoms with Gasteiger partial charge in [0.2, 0.25) is 11.2 Å². The predicted octanol–water partition coefficient (Wildman–Crippen LogP) is 2.05. The molecule has 0 fully saturated rings. The van der Waals surface area contributed by atoms with Gasteiger partial charge in [0, 0.05) is 0 Å². The van der Waals surface area contributed by atoms with E-state index in [0.717, 1.165) is 12.1 Å². The van der Waals surface area contributed by atoms with E-state index in [-0.39, 0.29) is 22.6 Å². The third-order valence-electron chi connectivity index (χ3n) is 1.81. The van der Waals surface area contributed by atoms with Gasteiger partial charge < -0.3 is 5.73 Å². The van der Waals surface area contributed by atoms with Crippen LogP contribution in [0.2, 0.25) is 5.28 Å². The Morgan fingerprint density at radius 3 is 2.25 bits per heavy atom. The summed E-state index contributed by atoms with van der Waals surface area (Å²) in [5, 5.41) is -0.217. The maximum Gasteiger partial charge on any atom is 0.227 e. The summed E-state index contributed by atoms with van der Waals surface area (Å²) in [5.74, 6) is -2.01. The first-order chi connectivity index (χ1) is 7.58. The largest absolute Gasteiger partial charge is 0.368 e. The van der Waals surface area contributed by atoms with Gasteiger partial charge in [-0.1, -0.05) is 6.07 Å². The van der Waals surface area contributed by atoms with Gasteiger partial charge in [-0.25, -0.2) is 8.78 Å². The average Bonchev–Trinajstić information content (AvgIpc) is 2.15. The van der Waals surface area contributed by atoms with Crippen molar-refractivity contribution in [3.05, 3.63) is 35.1 Å². The van der Waals surface area contributed by atoms with Crippen LogP contribution >= 0.6 is 11.6 Å². The van der Waals surface area contributed by atoms with Gasteiger partial charge in [-0.2, -0.15) is 15.0 Å². The lowest BCUT2D eigenvalue weighted by atomic mass is 10.2. The first-order valence-corrected chi connectivity index (χ1v) is 4.57. The number of rotatable bonds is 1. The van der Waals surface area contributed by atoms with Crippen LogP contribution in [-0.2, 0) is 0 Å². The van der Waals surface area contributed by atoms with E-state index in [9.17, 15) is 8.78 Å². The molecule has 0 unspecified atom stereocenters. The summed E-state index contributed by atoms with van der Waals surface area (Å²) in [6, 6.07) is 3.42. The van der Waals surface area contributed by atoms with Gasteiger partial charge in [0.05, 0.1) is 5.56 Å². The van der Waals surface area contributed by atoms with Gasteiger partial charge in [-0.15, -0.1) is 0 Å². The van der Waals surface area contributed by atoms with Crippen molar-refractivity contribution in [1.82, 2.24) is 15.0 Å². The van der Waals surface area contributed by atoms with Crippen LogP contribution in [-0.4, -0.2) is 15.0 Å². The Kier molecular flexibility index (Phi) is 2.66. The fourth-order valence-corrected chi connectivity index (χ4v) is 1.36. The highest BCUT2D eigenvalue weighted by atomic mass is 35.5. The third kappa shape index (κ3) is 1.92. The number of benzene rings is 1. The summed E-state index contributed by atoms with van der Waals surface area (Å²) < 4.78 is 26.8.